The van der Waals surface area contributed by atoms with Crippen molar-refractivity contribution in [2.75, 3.05) is 20.3 Å². The van der Waals surface area contributed by atoms with Crippen LogP contribution in [0, 0.1) is 18.3 Å². The molecule has 0 N–H and O–H groups in total. The lowest BCUT2D eigenvalue weighted by Crippen LogP contribution is -2.12. The summed E-state index contributed by atoms with van der Waals surface area (Å²) in [4.78, 5) is 11.8. The van der Waals surface area contributed by atoms with Crippen molar-refractivity contribution in [2.24, 2.45) is 0 Å². The third-order valence-corrected chi connectivity index (χ3v) is 3.15. The first-order valence-corrected chi connectivity index (χ1v) is 7.09. The summed E-state index contributed by atoms with van der Waals surface area (Å²) >= 11 is 0. The van der Waals surface area contributed by atoms with Crippen molar-refractivity contribution in [2.45, 2.75) is 6.92 Å². The molecular weight excluding hydrogens is 294 g/mol. The van der Waals surface area contributed by atoms with E-state index in [9.17, 15) is 4.79 Å². The maximum atomic E-state index is 11.8. The van der Waals surface area contributed by atoms with E-state index in [-0.39, 0.29) is 13.2 Å². The molecular formula is C18H17NO4. The van der Waals surface area contributed by atoms with Crippen molar-refractivity contribution in [3.63, 3.8) is 0 Å². The molecule has 0 spiro atoms. The number of para-hydroxylation sites is 1. The van der Waals surface area contributed by atoms with Gasteiger partial charge in [0.15, 0.2) is 0 Å². The Kier molecular flexibility index (Phi) is 5.59. The van der Waals surface area contributed by atoms with Gasteiger partial charge < -0.3 is 14.2 Å². The minimum absolute atomic E-state index is 0.243. The number of esters is 1. The average molecular weight is 311 g/mol. The molecule has 0 bridgehead atoms. The van der Waals surface area contributed by atoms with Crippen LogP contribution in [0.4, 0.5) is 0 Å². The average Bonchev–Trinajstić information content (AvgIpc) is 2.59. The predicted molar refractivity (Wildman–Crippen MR) is 84.7 cm³/mol. The standard InChI is InChI=1S/C18H17NO4/c1-13-7-8-17(15(11-13)18(20)21-2)23-10-9-22-16-6-4-3-5-14(16)12-19/h3-8,11H,9-10H2,1-2H3. The van der Waals surface area contributed by atoms with E-state index in [1.165, 1.54) is 7.11 Å². The highest BCUT2D eigenvalue weighted by atomic mass is 16.5. The number of carbonyl (C=O) groups is 1. The van der Waals surface area contributed by atoms with E-state index < -0.39 is 5.97 Å². The summed E-state index contributed by atoms with van der Waals surface area (Å²) in [5.41, 5.74) is 1.79. The molecule has 0 aliphatic rings. The lowest BCUT2D eigenvalue weighted by atomic mass is 10.1. The Morgan fingerprint density at radius 2 is 1.78 bits per heavy atom. The Labute approximate surface area is 135 Å². The van der Waals surface area contributed by atoms with Gasteiger partial charge in [0, 0.05) is 0 Å². The third kappa shape index (κ3) is 4.24. The molecule has 5 heteroatoms. The van der Waals surface area contributed by atoms with E-state index in [1.54, 1.807) is 36.4 Å². The molecule has 0 fully saturated rings. The van der Waals surface area contributed by atoms with E-state index in [1.807, 2.05) is 13.0 Å². The van der Waals surface area contributed by atoms with Crippen LogP contribution < -0.4 is 9.47 Å². The molecule has 5 nitrogen and oxygen atoms in total. The maximum absolute atomic E-state index is 11.8. The molecule has 0 saturated carbocycles. The second-order valence-corrected chi connectivity index (χ2v) is 4.80. The maximum Gasteiger partial charge on any atom is 0.341 e. The first kappa shape index (κ1) is 16.4. The van der Waals surface area contributed by atoms with E-state index in [0.29, 0.717) is 22.6 Å². The van der Waals surface area contributed by atoms with Gasteiger partial charge in [0.05, 0.1) is 12.7 Å². The zero-order valence-corrected chi connectivity index (χ0v) is 13.0. The molecule has 0 aromatic heterocycles. The van der Waals surface area contributed by atoms with Gasteiger partial charge in [0.25, 0.3) is 0 Å². The van der Waals surface area contributed by atoms with E-state index in [0.717, 1.165) is 5.56 Å². The SMILES string of the molecule is COC(=O)c1cc(C)ccc1OCCOc1ccccc1C#N. The summed E-state index contributed by atoms with van der Waals surface area (Å²) in [6.07, 6.45) is 0. The van der Waals surface area contributed by atoms with Crippen LogP contribution in [0.2, 0.25) is 0 Å². The minimum Gasteiger partial charge on any atom is -0.489 e. The number of hydrogen-bond acceptors (Lipinski definition) is 5. The summed E-state index contributed by atoms with van der Waals surface area (Å²) in [6, 6.07) is 14.3. The number of methoxy groups -OCH3 is 1. The number of carbonyl (C=O) groups excluding carboxylic acids is 1. The summed E-state index contributed by atoms with van der Waals surface area (Å²) < 4.78 is 15.9. The van der Waals surface area contributed by atoms with Gasteiger partial charge in [-0.15, -0.1) is 0 Å². The Bertz CT molecular complexity index is 734. The predicted octanol–water partition coefficient (Wildman–Crippen LogP) is 3.11. The number of aryl methyl sites for hydroxylation is 1. The van der Waals surface area contributed by atoms with Crippen LogP contribution in [-0.2, 0) is 4.74 Å². The van der Waals surface area contributed by atoms with Gasteiger partial charge in [-0.25, -0.2) is 4.79 Å². The van der Waals surface area contributed by atoms with Crippen molar-refractivity contribution >= 4 is 5.97 Å². The zero-order valence-electron chi connectivity index (χ0n) is 13.0. The van der Waals surface area contributed by atoms with Gasteiger partial charge in [0.2, 0.25) is 0 Å². The van der Waals surface area contributed by atoms with E-state index in [2.05, 4.69) is 6.07 Å². The number of rotatable bonds is 6. The highest BCUT2D eigenvalue weighted by Gasteiger charge is 2.13. The van der Waals surface area contributed by atoms with Gasteiger partial charge in [-0.2, -0.15) is 5.26 Å². The van der Waals surface area contributed by atoms with Crippen molar-refractivity contribution in [1.82, 2.24) is 0 Å². The molecule has 23 heavy (non-hydrogen) atoms. The normalized spacial score (nSPS) is 9.78. The Morgan fingerprint density at radius 1 is 1.09 bits per heavy atom. The summed E-state index contributed by atoms with van der Waals surface area (Å²) in [5.74, 6) is 0.509. The van der Waals surface area contributed by atoms with Crippen LogP contribution >= 0.6 is 0 Å². The van der Waals surface area contributed by atoms with E-state index in [4.69, 9.17) is 19.5 Å². The molecule has 0 aliphatic heterocycles. The number of benzene rings is 2. The Morgan fingerprint density at radius 3 is 2.48 bits per heavy atom. The lowest BCUT2D eigenvalue weighted by Gasteiger charge is -2.12. The van der Waals surface area contributed by atoms with Crippen LogP contribution in [0.3, 0.4) is 0 Å². The third-order valence-electron chi connectivity index (χ3n) is 3.15. The van der Waals surface area contributed by atoms with Crippen LogP contribution in [0.5, 0.6) is 11.5 Å². The first-order valence-electron chi connectivity index (χ1n) is 7.09. The molecule has 2 rings (SSSR count). The topological polar surface area (TPSA) is 68.6 Å². The van der Waals surface area contributed by atoms with Crippen LogP contribution in [-0.4, -0.2) is 26.3 Å². The molecule has 118 valence electrons. The fourth-order valence-corrected chi connectivity index (χ4v) is 2.03. The van der Waals surface area contributed by atoms with Gasteiger partial charge in [-0.3, -0.25) is 0 Å². The Hall–Kier alpha value is -3.00. The van der Waals surface area contributed by atoms with Crippen molar-refractivity contribution < 1.29 is 19.0 Å². The number of hydrogen-bond donors (Lipinski definition) is 0. The number of ether oxygens (including phenoxy) is 3. The molecule has 0 amide bonds. The molecule has 2 aromatic carbocycles. The quantitative estimate of drug-likeness (QED) is 0.605. The Balaban J connectivity index is 1.97. The zero-order chi connectivity index (χ0) is 16.7. The largest absolute Gasteiger partial charge is 0.489 e. The van der Waals surface area contributed by atoms with E-state index >= 15 is 0 Å². The molecule has 0 heterocycles. The minimum atomic E-state index is -0.445. The second kappa shape index (κ2) is 7.85. The van der Waals surface area contributed by atoms with Gasteiger partial charge in [0.1, 0.15) is 36.3 Å². The summed E-state index contributed by atoms with van der Waals surface area (Å²) in [6.45, 7) is 2.39. The fraction of sp³-hybridized carbons (Fsp3) is 0.222. The second-order valence-electron chi connectivity index (χ2n) is 4.80. The molecule has 0 aliphatic carbocycles. The molecule has 0 saturated heterocycles. The lowest BCUT2D eigenvalue weighted by molar-refractivity contribution is 0.0595. The van der Waals surface area contributed by atoms with Gasteiger partial charge >= 0.3 is 5.97 Å². The van der Waals surface area contributed by atoms with Crippen molar-refractivity contribution in [3.05, 3.63) is 59.2 Å². The highest BCUT2D eigenvalue weighted by Crippen LogP contribution is 2.21. The molecule has 0 atom stereocenters. The summed E-state index contributed by atoms with van der Waals surface area (Å²) in [7, 11) is 1.33. The van der Waals surface area contributed by atoms with Gasteiger partial charge in [-0.05, 0) is 31.2 Å². The van der Waals surface area contributed by atoms with Crippen LogP contribution in [0.15, 0.2) is 42.5 Å². The summed E-state index contributed by atoms with van der Waals surface area (Å²) in [5, 5.41) is 8.99. The number of nitriles is 1. The number of nitrogens with zero attached hydrogens (tertiary/aromatic N) is 1. The molecule has 0 radical (unpaired) electrons. The molecule has 2 aromatic rings. The van der Waals surface area contributed by atoms with Gasteiger partial charge in [-0.1, -0.05) is 23.8 Å². The molecule has 0 unspecified atom stereocenters. The fourth-order valence-electron chi connectivity index (χ4n) is 2.03. The highest BCUT2D eigenvalue weighted by molar-refractivity contribution is 5.92. The first-order chi connectivity index (χ1) is 11.2. The smallest absolute Gasteiger partial charge is 0.341 e. The van der Waals surface area contributed by atoms with Crippen LogP contribution in [0.1, 0.15) is 21.5 Å². The van der Waals surface area contributed by atoms with Crippen LogP contribution in [0.25, 0.3) is 0 Å². The monoisotopic (exact) mass is 311 g/mol. The van der Waals surface area contributed by atoms with Crippen molar-refractivity contribution in [1.29, 1.82) is 5.26 Å². The van der Waals surface area contributed by atoms with Crippen molar-refractivity contribution in [3.8, 4) is 17.6 Å².